The maximum absolute atomic E-state index is 5.84. The number of nitrogens with zero attached hydrogens (tertiary/aromatic N) is 2. The second-order valence-electron chi connectivity index (χ2n) is 5.39. The van der Waals surface area contributed by atoms with E-state index in [1.807, 2.05) is 32.9 Å². The molecule has 1 rings (SSSR count). The molecule has 0 aliphatic carbocycles. The van der Waals surface area contributed by atoms with E-state index < -0.39 is 0 Å². The van der Waals surface area contributed by atoms with E-state index in [9.17, 15) is 0 Å². The summed E-state index contributed by atoms with van der Waals surface area (Å²) in [7, 11) is 0. The fourth-order valence-corrected chi connectivity index (χ4v) is 1.47. The van der Waals surface area contributed by atoms with E-state index in [-0.39, 0.29) is 5.54 Å². The van der Waals surface area contributed by atoms with E-state index in [0.29, 0.717) is 25.0 Å². The molecule has 0 radical (unpaired) electrons. The Morgan fingerprint density at radius 3 is 2.84 bits per heavy atom. The number of hydrogen-bond donors (Lipinski definition) is 2. The predicted octanol–water partition coefficient (Wildman–Crippen LogP) is 2.07. The van der Waals surface area contributed by atoms with Crippen LogP contribution in [0.1, 0.15) is 39.7 Å². The van der Waals surface area contributed by atoms with Gasteiger partial charge < -0.3 is 15.8 Å². The molecular formula is C14H24N4O. The molecule has 1 aromatic rings. The topological polar surface area (TPSA) is 72.5 Å². The molecule has 0 saturated heterocycles. The highest BCUT2D eigenvalue weighted by Gasteiger charge is 2.10. The van der Waals surface area contributed by atoms with Gasteiger partial charge in [0.05, 0.1) is 13.2 Å². The summed E-state index contributed by atoms with van der Waals surface area (Å²) in [5.74, 6) is 1.06. The van der Waals surface area contributed by atoms with Crippen LogP contribution < -0.4 is 15.8 Å². The molecule has 0 unspecified atom stereocenters. The van der Waals surface area contributed by atoms with E-state index in [0.717, 1.165) is 12.0 Å². The highest BCUT2D eigenvalue weighted by Crippen LogP contribution is 2.15. The molecule has 1 heterocycles. The number of pyridine rings is 1. The standard InChI is InChI=1S/C14H24N4O/c1-5-9-19-12-11(7-6-8-16-12)10-17-13(15)18-14(2,3)4/h6-8H,5,9-10H2,1-4H3,(H3,15,17,18). The van der Waals surface area contributed by atoms with E-state index in [1.54, 1.807) is 6.20 Å². The molecule has 0 amide bonds. The van der Waals surface area contributed by atoms with Crippen molar-refractivity contribution in [3.63, 3.8) is 0 Å². The van der Waals surface area contributed by atoms with Gasteiger partial charge in [-0.15, -0.1) is 0 Å². The van der Waals surface area contributed by atoms with Gasteiger partial charge >= 0.3 is 0 Å². The summed E-state index contributed by atoms with van der Waals surface area (Å²) >= 11 is 0. The van der Waals surface area contributed by atoms with Gasteiger partial charge in [0, 0.05) is 17.3 Å². The Morgan fingerprint density at radius 2 is 2.21 bits per heavy atom. The van der Waals surface area contributed by atoms with Gasteiger partial charge in [0.1, 0.15) is 0 Å². The summed E-state index contributed by atoms with van der Waals surface area (Å²) in [6, 6.07) is 3.82. The fourth-order valence-electron chi connectivity index (χ4n) is 1.47. The van der Waals surface area contributed by atoms with Crippen LogP contribution in [0.15, 0.2) is 23.3 Å². The molecule has 0 aromatic carbocycles. The van der Waals surface area contributed by atoms with Crippen LogP contribution in [0.4, 0.5) is 0 Å². The van der Waals surface area contributed by atoms with Crippen molar-refractivity contribution < 1.29 is 4.74 Å². The highest BCUT2D eigenvalue weighted by atomic mass is 16.5. The van der Waals surface area contributed by atoms with Gasteiger partial charge in [-0.3, -0.25) is 0 Å². The first kappa shape index (κ1) is 15.3. The van der Waals surface area contributed by atoms with E-state index in [1.165, 1.54) is 0 Å². The maximum Gasteiger partial charge on any atom is 0.218 e. The molecule has 3 N–H and O–H groups in total. The van der Waals surface area contributed by atoms with E-state index >= 15 is 0 Å². The average Bonchev–Trinajstić information content (AvgIpc) is 2.32. The van der Waals surface area contributed by atoms with Crippen molar-refractivity contribution in [3.05, 3.63) is 23.9 Å². The third-order valence-corrected chi connectivity index (χ3v) is 2.22. The van der Waals surface area contributed by atoms with Crippen molar-refractivity contribution in [2.45, 2.75) is 46.2 Å². The number of rotatable bonds is 5. The smallest absolute Gasteiger partial charge is 0.218 e. The van der Waals surface area contributed by atoms with Crippen LogP contribution in [0.3, 0.4) is 0 Å². The summed E-state index contributed by atoms with van der Waals surface area (Å²) in [5.41, 5.74) is 6.68. The highest BCUT2D eigenvalue weighted by molar-refractivity contribution is 5.78. The largest absolute Gasteiger partial charge is 0.477 e. The lowest BCUT2D eigenvalue weighted by Gasteiger charge is -2.21. The Bertz CT molecular complexity index is 424. The summed E-state index contributed by atoms with van der Waals surface area (Å²) in [6.45, 7) is 9.29. The van der Waals surface area contributed by atoms with Gasteiger partial charge in [-0.25, -0.2) is 9.98 Å². The van der Waals surface area contributed by atoms with Crippen molar-refractivity contribution in [2.75, 3.05) is 6.61 Å². The van der Waals surface area contributed by atoms with Gasteiger partial charge in [-0.1, -0.05) is 13.0 Å². The van der Waals surface area contributed by atoms with E-state index in [2.05, 4.69) is 22.2 Å². The van der Waals surface area contributed by atoms with Crippen LogP contribution >= 0.6 is 0 Å². The van der Waals surface area contributed by atoms with Crippen LogP contribution in [-0.4, -0.2) is 23.1 Å². The van der Waals surface area contributed by atoms with E-state index in [4.69, 9.17) is 10.5 Å². The molecule has 0 aliphatic rings. The molecule has 1 aromatic heterocycles. The van der Waals surface area contributed by atoms with Gasteiger partial charge in [0.2, 0.25) is 5.88 Å². The second-order valence-corrected chi connectivity index (χ2v) is 5.39. The molecule has 5 nitrogen and oxygen atoms in total. The molecule has 0 aliphatic heterocycles. The fraction of sp³-hybridized carbons (Fsp3) is 0.571. The molecular weight excluding hydrogens is 240 g/mol. The van der Waals surface area contributed by atoms with Crippen molar-refractivity contribution in [1.82, 2.24) is 10.3 Å². The Hall–Kier alpha value is -1.78. The average molecular weight is 264 g/mol. The number of nitrogens with two attached hydrogens (primary N) is 1. The monoisotopic (exact) mass is 264 g/mol. The van der Waals surface area contributed by atoms with Crippen LogP contribution in [0.2, 0.25) is 0 Å². The van der Waals surface area contributed by atoms with Crippen molar-refractivity contribution in [2.24, 2.45) is 10.7 Å². The first-order chi connectivity index (χ1) is 8.92. The molecule has 5 heteroatoms. The lowest BCUT2D eigenvalue weighted by Crippen LogP contribution is -2.44. The number of aromatic nitrogens is 1. The SMILES string of the molecule is CCCOc1ncccc1CN=C(N)NC(C)(C)C. The molecule has 19 heavy (non-hydrogen) atoms. The zero-order valence-electron chi connectivity index (χ0n) is 12.2. The third kappa shape index (κ3) is 6.08. The number of aliphatic imine (C=N–C) groups is 1. The molecule has 0 spiro atoms. The Morgan fingerprint density at radius 1 is 1.47 bits per heavy atom. The number of ether oxygens (including phenoxy) is 1. The van der Waals surface area contributed by atoms with Gasteiger partial charge in [-0.2, -0.15) is 0 Å². The van der Waals surface area contributed by atoms with Crippen LogP contribution in [0, 0.1) is 0 Å². The third-order valence-electron chi connectivity index (χ3n) is 2.22. The minimum Gasteiger partial charge on any atom is -0.477 e. The Kier molecular flexibility index (Phi) is 5.60. The number of guanidine groups is 1. The normalized spacial score (nSPS) is 12.3. The minimum absolute atomic E-state index is 0.0932. The first-order valence-corrected chi connectivity index (χ1v) is 6.57. The van der Waals surface area contributed by atoms with Crippen molar-refractivity contribution in [1.29, 1.82) is 0 Å². The lowest BCUT2D eigenvalue weighted by atomic mass is 10.1. The maximum atomic E-state index is 5.84. The molecule has 106 valence electrons. The van der Waals surface area contributed by atoms with Gasteiger partial charge in [0.25, 0.3) is 0 Å². The first-order valence-electron chi connectivity index (χ1n) is 6.57. The summed E-state index contributed by atoms with van der Waals surface area (Å²) in [6.07, 6.45) is 2.67. The molecule has 0 saturated carbocycles. The Labute approximate surface area is 115 Å². The lowest BCUT2D eigenvalue weighted by molar-refractivity contribution is 0.302. The van der Waals surface area contributed by atoms with Crippen molar-refractivity contribution in [3.8, 4) is 5.88 Å². The number of hydrogen-bond acceptors (Lipinski definition) is 3. The van der Waals surface area contributed by atoms with Gasteiger partial charge in [0.15, 0.2) is 5.96 Å². The van der Waals surface area contributed by atoms with Crippen LogP contribution in [-0.2, 0) is 6.54 Å². The predicted molar refractivity (Wildman–Crippen MR) is 78.2 cm³/mol. The summed E-state index contributed by atoms with van der Waals surface area (Å²) in [5, 5.41) is 3.12. The number of nitrogens with one attached hydrogen (secondary N) is 1. The molecule has 0 atom stereocenters. The zero-order chi connectivity index (χ0) is 14.3. The molecule has 0 fully saturated rings. The Balaban J connectivity index is 2.68. The zero-order valence-corrected chi connectivity index (χ0v) is 12.2. The van der Waals surface area contributed by atoms with Crippen molar-refractivity contribution >= 4 is 5.96 Å². The van der Waals surface area contributed by atoms with Crippen LogP contribution in [0.25, 0.3) is 0 Å². The molecule has 0 bridgehead atoms. The van der Waals surface area contributed by atoms with Gasteiger partial charge in [-0.05, 0) is 33.3 Å². The second kappa shape index (κ2) is 6.97. The summed E-state index contributed by atoms with van der Waals surface area (Å²) < 4.78 is 5.58. The minimum atomic E-state index is -0.0932. The quantitative estimate of drug-likeness (QED) is 0.631. The van der Waals surface area contributed by atoms with Crippen LogP contribution in [0.5, 0.6) is 5.88 Å². The summed E-state index contributed by atoms with van der Waals surface area (Å²) in [4.78, 5) is 8.53.